The quantitative estimate of drug-likeness (QED) is 0.411. The number of fused-ring (bicyclic) bond motifs is 1. The van der Waals surface area contributed by atoms with Crippen LogP contribution in [0.25, 0.3) is 0 Å². The smallest absolute Gasteiger partial charge is 0.254 e. The second kappa shape index (κ2) is 9.18. The van der Waals surface area contributed by atoms with Gasteiger partial charge >= 0.3 is 0 Å². The van der Waals surface area contributed by atoms with Gasteiger partial charge in [0.25, 0.3) is 5.91 Å². The highest BCUT2D eigenvalue weighted by molar-refractivity contribution is 6.35. The Bertz CT molecular complexity index is 1160. The Labute approximate surface area is 200 Å². The third-order valence-corrected chi connectivity index (χ3v) is 6.28. The van der Waals surface area contributed by atoms with E-state index in [0.717, 1.165) is 5.56 Å². The van der Waals surface area contributed by atoms with Crippen molar-refractivity contribution in [1.29, 1.82) is 0 Å². The van der Waals surface area contributed by atoms with E-state index in [1.54, 1.807) is 42.3 Å². The number of benzene rings is 3. The van der Waals surface area contributed by atoms with Crippen LogP contribution in [0.3, 0.4) is 0 Å². The maximum atomic E-state index is 15.1. The van der Waals surface area contributed by atoms with Crippen molar-refractivity contribution in [3.8, 4) is 11.5 Å². The van der Waals surface area contributed by atoms with Gasteiger partial charge in [-0.1, -0.05) is 40.9 Å². The molecule has 8 heteroatoms. The third-order valence-electron chi connectivity index (χ3n) is 5.52. The van der Waals surface area contributed by atoms with E-state index in [0.29, 0.717) is 45.6 Å². The lowest BCUT2D eigenvalue weighted by Gasteiger charge is -2.38. The Hall–Kier alpha value is -2.47. The zero-order valence-electron chi connectivity index (χ0n) is 17.3. The fourth-order valence-corrected chi connectivity index (χ4v) is 4.88. The maximum Gasteiger partial charge on any atom is 0.254 e. The van der Waals surface area contributed by atoms with Gasteiger partial charge in [-0.25, -0.2) is 4.39 Å². The molecule has 1 aliphatic rings. The molecule has 1 heterocycles. The molecule has 0 saturated heterocycles. The molecule has 0 spiro atoms. The first-order chi connectivity index (χ1) is 15.3. The molecule has 0 aliphatic carbocycles. The van der Waals surface area contributed by atoms with Crippen LogP contribution in [0.1, 0.15) is 33.1 Å². The summed E-state index contributed by atoms with van der Waals surface area (Å²) in [6.07, 6.45) is 0.540. The minimum atomic E-state index is -0.780. The average molecular weight is 495 g/mol. The number of nitrogens with zero attached hydrogens (tertiary/aromatic N) is 1. The molecule has 0 radical (unpaired) electrons. The van der Waals surface area contributed by atoms with Gasteiger partial charge in [-0.2, -0.15) is 0 Å². The molecule has 0 fully saturated rings. The normalized spacial score (nSPS) is 15.3. The van der Waals surface area contributed by atoms with Gasteiger partial charge in [0, 0.05) is 32.7 Å². The molecule has 3 aromatic rings. The van der Waals surface area contributed by atoms with Crippen molar-refractivity contribution in [3.05, 3.63) is 91.7 Å². The molecule has 166 valence electrons. The molecule has 0 saturated carbocycles. The topological polar surface area (TPSA) is 38.8 Å². The van der Waals surface area contributed by atoms with Gasteiger partial charge in [0.1, 0.15) is 5.82 Å². The van der Waals surface area contributed by atoms with E-state index in [9.17, 15) is 4.79 Å². The lowest BCUT2D eigenvalue weighted by molar-refractivity contribution is 0.0691. The van der Waals surface area contributed by atoms with Crippen molar-refractivity contribution in [2.75, 3.05) is 20.8 Å². The number of ether oxygens (including phenoxy) is 2. The van der Waals surface area contributed by atoms with Crippen molar-refractivity contribution in [2.24, 2.45) is 0 Å². The minimum Gasteiger partial charge on any atom is -0.493 e. The Balaban J connectivity index is 1.92. The summed E-state index contributed by atoms with van der Waals surface area (Å²) in [6, 6.07) is 11.9. The highest BCUT2D eigenvalue weighted by Crippen LogP contribution is 2.44. The molecular weight excluding hydrogens is 476 g/mol. The maximum absolute atomic E-state index is 15.1. The summed E-state index contributed by atoms with van der Waals surface area (Å²) in [5.74, 6) is 0.195. The monoisotopic (exact) mass is 493 g/mol. The van der Waals surface area contributed by atoms with Gasteiger partial charge in [0.2, 0.25) is 0 Å². The number of halogens is 4. The largest absolute Gasteiger partial charge is 0.493 e. The van der Waals surface area contributed by atoms with Crippen molar-refractivity contribution in [3.63, 3.8) is 0 Å². The van der Waals surface area contributed by atoms with Crippen molar-refractivity contribution < 1.29 is 18.7 Å². The number of hydrogen-bond donors (Lipinski definition) is 0. The number of hydrogen-bond acceptors (Lipinski definition) is 3. The minimum absolute atomic E-state index is 0.212. The van der Waals surface area contributed by atoms with Crippen LogP contribution in [0.4, 0.5) is 4.39 Å². The SMILES string of the molecule is COc1cc2c(cc1OC)[C@@H](c1c(F)cccc1Cl)N(C(=O)c1cc(Cl)cc(Cl)c1)CC2. The standard InChI is InChI=1S/C24H19Cl3FNO3/c1-31-20-10-13-6-7-29(24(30)14-8-15(25)11-16(26)9-14)23(17(13)12-21(20)32-2)22-18(27)4-3-5-19(22)28/h3-5,8-12,23H,6-7H2,1-2H3/t23-/m0/s1. The van der Waals surface area contributed by atoms with E-state index in [1.165, 1.54) is 19.2 Å². The molecule has 4 rings (SSSR count). The molecular formula is C24H19Cl3FNO3. The van der Waals surface area contributed by atoms with E-state index in [1.807, 2.05) is 6.07 Å². The zero-order chi connectivity index (χ0) is 23.0. The first-order valence-corrected chi connectivity index (χ1v) is 10.9. The molecule has 0 bridgehead atoms. The Morgan fingerprint density at radius 3 is 2.28 bits per heavy atom. The number of carbonyl (C=O) groups is 1. The summed E-state index contributed by atoms with van der Waals surface area (Å²) in [7, 11) is 3.08. The summed E-state index contributed by atoms with van der Waals surface area (Å²) in [5.41, 5.74) is 2.15. The van der Waals surface area contributed by atoms with Crippen molar-refractivity contribution in [1.82, 2.24) is 4.90 Å². The average Bonchev–Trinajstić information content (AvgIpc) is 2.76. The first kappa shape index (κ1) is 22.7. The summed E-state index contributed by atoms with van der Waals surface area (Å²) in [4.78, 5) is 15.2. The van der Waals surface area contributed by atoms with Crippen LogP contribution in [0, 0.1) is 5.82 Å². The molecule has 0 aromatic heterocycles. The van der Waals surface area contributed by atoms with Gasteiger partial charge in [0.15, 0.2) is 11.5 Å². The van der Waals surface area contributed by atoms with Crippen LogP contribution in [0.15, 0.2) is 48.5 Å². The van der Waals surface area contributed by atoms with Crippen LogP contribution in [0.5, 0.6) is 11.5 Å². The van der Waals surface area contributed by atoms with Crippen LogP contribution < -0.4 is 9.47 Å². The Morgan fingerprint density at radius 2 is 1.66 bits per heavy atom. The van der Waals surface area contributed by atoms with Crippen LogP contribution in [-0.2, 0) is 6.42 Å². The fourth-order valence-electron chi connectivity index (χ4n) is 4.09. The highest BCUT2D eigenvalue weighted by Gasteiger charge is 2.36. The number of methoxy groups -OCH3 is 2. The van der Waals surface area contributed by atoms with Gasteiger partial charge in [-0.3, -0.25) is 4.79 Å². The highest BCUT2D eigenvalue weighted by atomic mass is 35.5. The summed E-state index contributed by atoms with van der Waals surface area (Å²) in [5, 5.41) is 0.898. The van der Waals surface area contributed by atoms with E-state index >= 15 is 4.39 Å². The van der Waals surface area contributed by atoms with E-state index in [-0.39, 0.29) is 16.5 Å². The van der Waals surface area contributed by atoms with Gasteiger partial charge in [0.05, 0.1) is 20.3 Å². The molecule has 32 heavy (non-hydrogen) atoms. The second-order valence-electron chi connectivity index (χ2n) is 7.35. The molecule has 1 amide bonds. The molecule has 0 N–H and O–H groups in total. The van der Waals surface area contributed by atoms with Gasteiger partial charge < -0.3 is 14.4 Å². The first-order valence-electron chi connectivity index (χ1n) is 9.79. The molecule has 1 aliphatic heterocycles. The number of rotatable bonds is 4. The van der Waals surface area contributed by atoms with Crippen LogP contribution in [0.2, 0.25) is 15.1 Å². The molecule has 4 nitrogen and oxygen atoms in total. The lowest BCUT2D eigenvalue weighted by Crippen LogP contribution is -2.41. The Morgan fingerprint density at radius 1 is 1.00 bits per heavy atom. The third kappa shape index (κ3) is 4.13. The van der Waals surface area contributed by atoms with Crippen molar-refractivity contribution >= 4 is 40.7 Å². The lowest BCUT2D eigenvalue weighted by atomic mass is 9.87. The predicted octanol–water partition coefficient (Wildman–Crippen LogP) is 6.59. The van der Waals surface area contributed by atoms with E-state index in [2.05, 4.69) is 0 Å². The number of amides is 1. The fraction of sp³-hybridized carbons (Fsp3) is 0.208. The summed E-state index contributed by atoms with van der Waals surface area (Å²) in [6.45, 7) is 0.334. The zero-order valence-corrected chi connectivity index (χ0v) is 19.6. The van der Waals surface area contributed by atoms with Crippen molar-refractivity contribution in [2.45, 2.75) is 12.5 Å². The predicted molar refractivity (Wildman–Crippen MR) is 124 cm³/mol. The summed E-state index contributed by atoms with van der Waals surface area (Å²) < 4.78 is 26.0. The molecule has 0 unspecified atom stereocenters. The Kier molecular flexibility index (Phi) is 6.52. The second-order valence-corrected chi connectivity index (χ2v) is 8.63. The van der Waals surface area contributed by atoms with Gasteiger partial charge in [-0.15, -0.1) is 0 Å². The van der Waals surface area contributed by atoms with Crippen LogP contribution in [-0.4, -0.2) is 31.6 Å². The van der Waals surface area contributed by atoms with Gasteiger partial charge in [-0.05, 0) is 60.0 Å². The number of carbonyl (C=O) groups excluding carboxylic acids is 1. The van der Waals surface area contributed by atoms with E-state index in [4.69, 9.17) is 44.3 Å². The molecule has 1 atom stereocenters. The molecule has 3 aromatic carbocycles. The van der Waals surface area contributed by atoms with E-state index < -0.39 is 11.9 Å². The van der Waals surface area contributed by atoms with Crippen LogP contribution >= 0.6 is 34.8 Å². The summed E-state index contributed by atoms with van der Waals surface area (Å²) >= 11 is 18.7.